The molecular formula is C20H20ClN5O2. The topological polar surface area (TPSA) is 71.3 Å². The molecule has 0 saturated carbocycles. The fraction of sp³-hybridized carbons (Fsp3) is 0.300. The van der Waals surface area contributed by atoms with Crippen molar-refractivity contribution in [1.29, 1.82) is 0 Å². The maximum Gasteiger partial charge on any atom is 0.254 e. The van der Waals surface area contributed by atoms with Crippen molar-refractivity contribution in [1.82, 2.24) is 24.8 Å². The second-order valence-electron chi connectivity index (χ2n) is 6.70. The van der Waals surface area contributed by atoms with Crippen molar-refractivity contribution in [2.75, 3.05) is 26.2 Å². The lowest BCUT2D eigenvalue weighted by Crippen LogP contribution is -2.50. The van der Waals surface area contributed by atoms with Gasteiger partial charge >= 0.3 is 0 Å². The average Bonchev–Trinajstić information content (AvgIpc) is 3.15. The van der Waals surface area contributed by atoms with E-state index in [1.165, 1.54) is 0 Å². The highest BCUT2D eigenvalue weighted by atomic mass is 35.5. The third-order valence-corrected chi connectivity index (χ3v) is 5.26. The molecule has 1 aliphatic heterocycles. The van der Waals surface area contributed by atoms with Crippen LogP contribution in [0.4, 0.5) is 0 Å². The minimum absolute atomic E-state index is 0.0404. The molecule has 8 heteroatoms. The van der Waals surface area contributed by atoms with Gasteiger partial charge in [0.1, 0.15) is 5.52 Å². The number of halogens is 1. The highest BCUT2D eigenvalue weighted by molar-refractivity contribution is 6.30. The number of aryl methyl sites for hydroxylation is 1. The van der Waals surface area contributed by atoms with Gasteiger partial charge in [-0.05, 0) is 49.4 Å². The molecule has 0 N–H and O–H groups in total. The van der Waals surface area contributed by atoms with Crippen LogP contribution in [-0.4, -0.2) is 62.8 Å². The van der Waals surface area contributed by atoms with Gasteiger partial charge in [0.05, 0.1) is 5.52 Å². The van der Waals surface area contributed by atoms with E-state index in [0.29, 0.717) is 47.8 Å². The van der Waals surface area contributed by atoms with Crippen molar-refractivity contribution in [3.8, 4) is 0 Å². The van der Waals surface area contributed by atoms with Crippen molar-refractivity contribution in [2.45, 2.75) is 13.5 Å². The first-order valence-electron chi connectivity index (χ1n) is 9.24. The minimum atomic E-state index is -0.0495. The van der Waals surface area contributed by atoms with Gasteiger partial charge in [-0.2, -0.15) is 0 Å². The van der Waals surface area contributed by atoms with Crippen LogP contribution in [0, 0.1) is 0 Å². The molecule has 0 radical (unpaired) electrons. The number of carbonyl (C=O) groups is 2. The van der Waals surface area contributed by atoms with E-state index in [4.69, 9.17) is 11.6 Å². The monoisotopic (exact) mass is 397 g/mol. The Hall–Kier alpha value is -2.93. The van der Waals surface area contributed by atoms with E-state index in [1.807, 2.05) is 19.1 Å². The molecule has 1 fully saturated rings. The number of carbonyl (C=O) groups excluding carboxylic acids is 2. The third-order valence-electron chi connectivity index (χ3n) is 5.01. The normalized spacial score (nSPS) is 14.5. The van der Waals surface area contributed by atoms with Crippen molar-refractivity contribution < 1.29 is 9.59 Å². The predicted molar refractivity (Wildman–Crippen MR) is 106 cm³/mol. The van der Waals surface area contributed by atoms with E-state index < -0.39 is 0 Å². The molecule has 0 aliphatic carbocycles. The number of nitrogens with zero attached hydrogens (tertiary/aromatic N) is 5. The molecule has 1 aromatic heterocycles. The van der Waals surface area contributed by atoms with Crippen LogP contribution in [0.3, 0.4) is 0 Å². The highest BCUT2D eigenvalue weighted by Gasteiger charge is 2.25. The Labute approximate surface area is 167 Å². The van der Waals surface area contributed by atoms with Crippen LogP contribution in [-0.2, 0) is 6.54 Å². The van der Waals surface area contributed by atoms with Crippen molar-refractivity contribution >= 4 is 34.4 Å². The summed E-state index contributed by atoms with van der Waals surface area (Å²) in [5.74, 6) is -0.0899. The second-order valence-corrected chi connectivity index (χ2v) is 7.14. The smallest absolute Gasteiger partial charge is 0.254 e. The molecule has 2 amide bonds. The molecular weight excluding hydrogens is 378 g/mol. The summed E-state index contributed by atoms with van der Waals surface area (Å²) in [5.41, 5.74) is 2.82. The number of hydrogen-bond donors (Lipinski definition) is 0. The van der Waals surface area contributed by atoms with Crippen LogP contribution in [0.15, 0.2) is 42.5 Å². The van der Waals surface area contributed by atoms with Gasteiger partial charge < -0.3 is 9.80 Å². The quantitative estimate of drug-likeness (QED) is 0.681. The summed E-state index contributed by atoms with van der Waals surface area (Å²) in [6, 6.07) is 12.3. The average molecular weight is 398 g/mol. The highest BCUT2D eigenvalue weighted by Crippen LogP contribution is 2.17. The van der Waals surface area contributed by atoms with Gasteiger partial charge in [0.2, 0.25) is 0 Å². The number of fused-ring (bicyclic) bond motifs is 1. The van der Waals surface area contributed by atoms with Crippen molar-refractivity contribution in [3.05, 3.63) is 58.6 Å². The zero-order valence-electron chi connectivity index (χ0n) is 15.5. The van der Waals surface area contributed by atoms with Crippen molar-refractivity contribution in [3.63, 3.8) is 0 Å². The van der Waals surface area contributed by atoms with E-state index >= 15 is 0 Å². The van der Waals surface area contributed by atoms with Gasteiger partial charge in [-0.25, -0.2) is 4.68 Å². The number of aromatic nitrogens is 3. The van der Waals surface area contributed by atoms with Gasteiger partial charge in [0.25, 0.3) is 11.8 Å². The fourth-order valence-electron chi connectivity index (χ4n) is 3.41. The number of hydrogen-bond acceptors (Lipinski definition) is 4. The van der Waals surface area contributed by atoms with E-state index in [0.717, 1.165) is 12.1 Å². The zero-order valence-corrected chi connectivity index (χ0v) is 16.3. The lowest BCUT2D eigenvalue weighted by molar-refractivity contribution is 0.0535. The molecule has 0 spiro atoms. The molecule has 0 atom stereocenters. The summed E-state index contributed by atoms with van der Waals surface area (Å²) in [4.78, 5) is 29.0. The number of benzene rings is 2. The summed E-state index contributed by atoms with van der Waals surface area (Å²) in [7, 11) is 0. The molecule has 144 valence electrons. The third kappa shape index (κ3) is 3.45. The summed E-state index contributed by atoms with van der Waals surface area (Å²) in [5, 5.41) is 8.81. The Morgan fingerprint density at radius 2 is 1.50 bits per heavy atom. The van der Waals surface area contributed by atoms with Gasteiger partial charge in [0, 0.05) is 48.9 Å². The van der Waals surface area contributed by atoms with E-state index in [-0.39, 0.29) is 11.8 Å². The Bertz CT molecular complexity index is 1020. The lowest BCUT2D eigenvalue weighted by atomic mass is 10.1. The standard InChI is InChI=1S/C20H20ClN5O2/c1-2-26-18-8-5-15(13-17(18)22-23-26)20(28)25-11-9-24(10-12-25)19(27)14-3-6-16(21)7-4-14/h3-8,13H,2,9-12H2,1H3. The fourth-order valence-corrected chi connectivity index (χ4v) is 3.53. The molecule has 1 aliphatic rings. The van der Waals surface area contributed by atoms with Gasteiger partial charge in [-0.3, -0.25) is 9.59 Å². The van der Waals surface area contributed by atoms with E-state index in [9.17, 15) is 9.59 Å². The molecule has 3 aromatic rings. The summed E-state index contributed by atoms with van der Waals surface area (Å²) in [6.07, 6.45) is 0. The van der Waals surface area contributed by atoms with E-state index in [1.54, 1.807) is 44.8 Å². The van der Waals surface area contributed by atoms with Crippen LogP contribution >= 0.6 is 11.6 Å². The maximum atomic E-state index is 12.9. The SMILES string of the molecule is CCn1nnc2cc(C(=O)N3CCN(C(=O)c4ccc(Cl)cc4)CC3)ccc21. The van der Waals surface area contributed by atoms with Crippen LogP contribution in [0.1, 0.15) is 27.6 Å². The van der Waals surface area contributed by atoms with Crippen LogP contribution < -0.4 is 0 Å². The Morgan fingerprint density at radius 3 is 2.11 bits per heavy atom. The van der Waals surface area contributed by atoms with Gasteiger partial charge in [0.15, 0.2) is 0 Å². The summed E-state index contributed by atoms with van der Waals surface area (Å²) in [6.45, 7) is 4.73. The summed E-state index contributed by atoms with van der Waals surface area (Å²) < 4.78 is 1.80. The molecule has 2 aromatic carbocycles. The predicted octanol–water partition coefficient (Wildman–Crippen LogP) is 2.70. The molecule has 0 unspecified atom stereocenters. The first kappa shape index (κ1) is 18.4. The first-order chi connectivity index (χ1) is 13.6. The molecule has 2 heterocycles. The number of rotatable bonds is 3. The lowest BCUT2D eigenvalue weighted by Gasteiger charge is -2.34. The second kappa shape index (κ2) is 7.59. The summed E-state index contributed by atoms with van der Waals surface area (Å²) >= 11 is 5.88. The van der Waals surface area contributed by atoms with E-state index in [2.05, 4.69) is 10.3 Å². The molecule has 7 nitrogen and oxygen atoms in total. The maximum absolute atomic E-state index is 12.9. The Kier molecular flexibility index (Phi) is 5.00. The van der Waals surface area contributed by atoms with Gasteiger partial charge in [-0.15, -0.1) is 5.10 Å². The van der Waals surface area contributed by atoms with Crippen LogP contribution in [0.5, 0.6) is 0 Å². The Balaban J connectivity index is 1.42. The van der Waals surface area contributed by atoms with Crippen LogP contribution in [0.2, 0.25) is 5.02 Å². The van der Waals surface area contributed by atoms with Gasteiger partial charge in [-0.1, -0.05) is 16.8 Å². The molecule has 4 rings (SSSR count). The Morgan fingerprint density at radius 1 is 0.929 bits per heavy atom. The first-order valence-corrected chi connectivity index (χ1v) is 9.62. The van der Waals surface area contributed by atoms with Crippen LogP contribution in [0.25, 0.3) is 11.0 Å². The molecule has 1 saturated heterocycles. The molecule has 28 heavy (non-hydrogen) atoms. The molecule has 0 bridgehead atoms. The van der Waals surface area contributed by atoms with Crippen molar-refractivity contribution in [2.24, 2.45) is 0 Å². The number of piperazine rings is 1. The largest absolute Gasteiger partial charge is 0.335 e. The number of amides is 2. The zero-order chi connectivity index (χ0) is 19.7. The minimum Gasteiger partial charge on any atom is -0.335 e.